The van der Waals surface area contributed by atoms with Crippen LogP contribution in [0.1, 0.15) is 57.6 Å². The van der Waals surface area contributed by atoms with Crippen LogP contribution in [-0.4, -0.2) is 28.4 Å². The van der Waals surface area contributed by atoms with Gasteiger partial charge in [-0.25, -0.2) is 4.79 Å². The maximum absolute atomic E-state index is 12.2. The minimum absolute atomic E-state index is 0.200. The Hall–Kier alpha value is -1.36. The Morgan fingerprint density at radius 3 is 2.80 bits per heavy atom. The molecule has 0 radical (unpaired) electrons. The standard InChI is InChI=1S/C15H25N3O2/c1-3-18-11-12(10-16-18)14(15(19)20-4-2)17-13-8-6-5-7-9-13/h10-11,13-14,17H,3-9H2,1-2H3. The molecule has 0 saturated heterocycles. The minimum atomic E-state index is -0.390. The lowest BCUT2D eigenvalue weighted by Gasteiger charge is -2.27. The number of carbonyl (C=O) groups excluding carboxylic acids is 1. The molecule has 20 heavy (non-hydrogen) atoms. The molecule has 1 aliphatic rings. The van der Waals surface area contributed by atoms with Crippen molar-refractivity contribution in [3.63, 3.8) is 0 Å². The van der Waals surface area contributed by atoms with Crippen molar-refractivity contribution in [2.75, 3.05) is 6.61 Å². The maximum atomic E-state index is 12.2. The van der Waals surface area contributed by atoms with E-state index in [1.54, 1.807) is 6.20 Å². The molecule has 2 rings (SSSR count). The molecular formula is C15H25N3O2. The van der Waals surface area contributed by atoms with Crippen LogP contribution in [0.25, 0.3) is 0 Å². The first-order valence-corrected chi connectivity index (χ1v) is 7.69. The van der Waals surface area contributed by atoms with E-state index < -0.39 is 6.04 Å². The van der Waals surface area contributed by atoms with Crippen LogP contribution in [0, 0.1) is 0 Å². The highest BCUT2D eigenvalue weighted by Crippen LogP contribution is 2.22. The Bertz CT molecular complexity index is 425. The van der Waals surface area contributed by atoms with Crippen LogP contribution >= 0.6 is 0 Å². The molecule has 0 aromatic carbocycles. The minimum Gasteiger partial charge on any atom is -0.465 e. The zero-order valence-corrected chi connectivity index (χ0v) is 12.5. The van der Waals surface area contributed by atoms with Gasteiger partial charge in [-0.2, -0.15) is 5.10 Å². The van der Waals surface area contributed by atoms with E-state index in [4.69, 9.17) is 4.74 Å². The summed E-state index contributed by atoms with van der Waals surface area (Å²) >= 11 is 0. The molecule has 0 amide bonds. The zero-order chi connectivity index (χ0) is 14.4. The van der Waals surface area contributed by atoms with Gasteiger partial charge < -0.3 is 4.74 Å². The second-order valence-corrected chi connectivity index (χ2v) is 5.32. The summed E-state index contributed by atoms with van der Waals surface area (Å²) in [6.07, 6.45) is 9.74. The van der Waals surface area contributed by atoms with Crippen molar-refractivity contribution in [1.82, 2.24) is 15.1 Å². The van der Waals surface area contributed by atoms with Crippen molar-refractivity contribution in [1.29, 1.82) is 0 Å². The van der Waals surface area contributed by atoms with Crippen molar-refractivity contribution in [2.45, 2.75) is 64.6 Å². The topological polar surface area (TPSA) is 56.1 Å². The number of esters is 1. The monoisotopic (exact) mass is 279 g/mol. The summed E-state index contributed by atoms with van der Waals surface area (Å²) in [7, 11) is 0. The Labute approximate surface area is 120 Å². The summed E-state index contributed by atoms with van der Waals surface area (Å²) in [5, 5.41) is 7.73. The number of ether oxygens (including phenoxy) is 1. The molecule has 1 atom stereocenters. The lowest BCUT2D eigenvalue weighted by atomic mass is 9.94. The zero-order valence-electron chi connectivity index (χ0n) is 12.5. The molecule has 1 aromatic heterocycles. The Balaban J connectivity index is 2.08. The third kappa shape index (κ3) is 3.82. The summed E-state index contributed by atoms with van der Waals surface area (Å²) in [6, 6.07) is 0.0153. The van der Waals surface area contributed by atoms with E-state index in [2.05, 4.69) is 10.4 Å². The number of aryl methyl sites for hydroxylation is 1. The molecule has 1 heterocycles. The lowest BCUT2D eigenvalue weighted by molar-refractivity contribution is -0.146. The van der Waals surface area contributed by atoms with Crippen LogP contribution < -0.4 is 5.32 Å². The molecule has 1 N–H and O–H groups in total. The molecule has 112 valence electrons. The SMILES string of the molecule is CCOC(=O)C(NC1CCCCC1)c1cnn(CC)c1. The number of rotatable bonds is 6. The largest absolute Gasteiger partial charge is 0.465 e. The highest BCUT2D eigenvalue weighted by Gasteiger charge is 2.27. The van der Waals surface area contributed by atoms with E-state index >= 15 is 0 Å². The predicted octanol–water partition coefficient (Wildman–Crippen LogP) is 2.43. The van der Waals surface area contributed by atoms with E-state index in [1.165, 1.54) is 19.3 Å². The average Bonchev–Trinajstić information content (AvgIpc) is 2.94. The van der Waals surface area contributed by atoms with Gasteiger partial charge >= 0.3 is 5.97 Å². The maximum Gasteiger partial charge on any atom is 0.327 e. The summed E-state index contributed by atoms with van der Waals surface area (Å²) in [5.74, 6) is -0.200. The van der Waals surface area contributed by atoms with Gasteiger partial charge in [0.2, 0.25) is 0 Å². The van der Waals surface area contributed by atoms with Gasteiger partial charge in [-0.05, 0) is 26.7 Å². The van der Waals surface area contributed by atoms with Gasteiger partial charge in [-0.15, -0.1) is 0 Å². The van der Waals surface area contributed by atoms with Crippen molar-refractivity contribution < 1.29 is 9.53 Å². The molecule has 1 unspecified atom stereocenters. The third-order valence-corrected chi connectivity index (χ3v) is 3.84. The van der Waals surface area contributed by atoms with Crippen LogP contribution in [0.3, 0.4) is 0 Å². The first-order valence-electron chi connectivity index (χ1n) is 7.69. The molecule has 0 spiro atoms. The van der Waals surface area contributed by atoms with Crippen LogP contribution in [-0.2, 0) is 16.1 Å². The van der Waals surface area contributed by atoms with Gasteiger partial charge in [0.05, 0.1) is 12.8 Å². The number of aromatic nitrogens is 2. The number of carbonyl (C=O) groups is 1. The summed E-state index contributed by atoms with van der Waals surface area (Å²) in [6.45, 7) is 5.08. The van der Waals surface area contributed by atoms with Crippen molar-refractivity contribution >= 4 is 5.97 Å². The number of hydrogen-bond acceptors (Lipinski definition) is 4. The molecule has 0 aliphatic heterocycles. The Morgan fingerprint density at radius 1 is 1.45 bits per heavy atom. The second-order valence-electron chi connectivity index (χ2n) is 5.32. The molecule has 0 bridgehead atoms. The predicted molar refractivity (Wildman–Crippen MR) is 77.3 cm³/mol. The van der Waals surface area contributed by atoms with Gasteiger partial charge in [-0.3, -0.25) is 10.00 Å². The van der Waals surface area contributed by atoms with Crippen molar-refractivity contribution in [3.05, 3.63) is 18.0 Å². The lowest BCUT2D eigenvalue weighted by Crippen LogP contribution is -2.39. The molecule has 1 fully saturated rings. The first kappa shape index (κ1) is 15.0. The molecule has 1 saturated carbocycles. The summed E-state index contributed by atoms with van der Waals surface area (Å²) in [5.41, 5.74) is 0.899. The Kier molecular flexibility index (Phi) is 5.59. The smallest absolute Gasteiger partial charge is 0.327 e. The van der Waals surface area contributed by atoms with E-state index in [9.17, 15) is 4.79 Å². The number of nitrogens with zero attached hydrogens (tertiary/aromatic N) is 2. The first-order chi connectivity index (χ1) is 9.74. The molecule has 5 nitrogen and oxygen atoms in total. The fourth-order valence-corrected chi connectivity index (χ4v) is 2.73. The van der Waals surface area contributed by atoms with Crippen LogP contribution in [0.15, 0.2) is 12.4 Å². The van der Waals surface area contributed by atoms with Crippen molar-refractivity contribution in [3.8, 4) is 0 Å². The van der Waals surface area contributed by atoms with Gasteiger partial charge in [0.15, 0.2) is 0 Å². The average molecular weight is 279 g/mol. The molecule has 1 aliphatic carbocycles. The van der Waals surface area contributed by atoms with E-state index in [0.29, 0.717) is 12.6 Å². The normalized spacial score (nSPS) is 17.9. The van der Waals surface area contributed by atoms with Crippen LogP contribution in [0.5, 0.6) is 0 Å². The molecule has 5 heteroatoms. The highest BCUT2D eigenvalue weighted by molar-refractivity contribution is 5.77. The quantitative estimate of drug-likeness (QED) is 0.813. The van der Waals surface area contributed by atoms with Gasteiger partial charge in [0, 0.05) is 24.3 Å². The summed E-state index contributed by atoms with van der Waals surface area (Å²) in [4.78, 5) is 12.2. The van der Waals surface area contributed by atoms with E-state index in [1.807, 2.05) is 24.7 Å². The Morgan fingerprint density at radius 2 is 2.20 bits per heavy atom. The van der Waals surface area contributed by atoms with Gasteiger partial charge in [0.25, 0.3) is 0 Å². The van der Waals surface area contributed by atoms with E-state index in [-0.39, 0.29) is 5.97 Å². The number of hydrogen-bond donors (Lipinski definition) is 1. The van der Waals surface area contributed by atoms with Gasteiger partial charge in [0.1, 0.15) is 6.04 Å². The number of nitrogens with one attached hydrogen (secondary N) is 1. The second kappa shape index (κ2) is 7.43. The molecular weight excluding hydrogens is 254 g/mol. The van der Waals surface area contributed by atoms with E-state index in [0.717, 1.165) is 24.9 Å². The van der Waals surface area contributed by atoms with Crippen LogP contribution in [0.4, 0.5) is 0 Å². The van der Waals surface area contributed by atoms with Gasteiger partial charge in [-0.1, -0.05) is 19.3 Å². The fraction of sp³-hybridized carbons (Fsp3) is 0.733. The third-order valence-electron chi connectivity index (χ3n) is 3.84. The summed E-state index contributed by atoms with van der Waals surface area (Å²) < 4.78 is 7.04. The molecule has 1 aromatic rings. The van der Waals surface area contributed by atoms with Crippen molar-refractivity contribution in [2.24, 2.45) is 0 Å². The highest BCUT2D eigenvalue weighted by atomic mass is 16.5. The van der Waals surface area contributed by atoms with Crippen LogP contribution in [0.2, 0.25) is 0 Å². The fourth-order valence-electron chi connectivity index (χ4n) is 2.73.